The molecule has 1 aliphatic heterocycles. The lowest BCUT2D eigenvalue weighted by atomic mass is 9.55. The van der Waals surface area contributed by atoms with Gasteiger partial charge < -0.3 is 14.8 Å². The molecule has 3 nitrogen and oxygen atoms in total. The second-order valence-electron chi connectivity index (χ2n) is 26.8. The molecule has 0 fully saturated rings. The third-order valence-corrected chi connectivity index (χ3v) is 19.2. The van der Waals surface area contributed by atoms with Gasteiger partial charge in [-0.2, -0.15) is 0 Å². The Morgan fingerprint density at radius 2 is 0.959 bits per heavy atom. The largest absolute Gasteiger partial charge is 0.355 e. The van der Waals surface area contributed by atoms with E-state index >= 15 is 0 Å². The van der Waals surface area contributed by atoms with Gasteiger partial charge in [0.2, 0.25) is 0 Å². The van der Waals surface area contributed by atoms with E-state index in [1.165, 1.54) is 119 Å². The van der Waals surface area contributed by atoms with Gasteiger partial charge in [-0.25, -0.2) is 0 Å². The number of hydrogen-bond donors (Lipinski definition) is 1. The van der Waals surface area contributed by atoms with E-state index in [0.717, 1.165) is 42.0 Å². The summed E-state index contributed by atoms with van der Waals surface area (Å²) in [6.45, 7) is 29.5. The Balaban J connectivity index is 1.20. The highest BCUT2D eigenvalue weighted by Crippen LogP contribution is 2.54. The molecule has 0 amide bonds. The molecule has 13 rings (SSSR count). The van der Waals surface area contributed by atoms with Crippen molar-refractivity contribution in [2.24, 2.45) is 0 Å². The van der Waals surface area contributed by atoms with Gasteiger partial charge in [-0.15, -0.1) is 0 Å². The minimum absolute atomic E-state index is 0.00852. The number of para-hydroxylation sites is 2. The summed E-state index contributed by atoms with van der Waals surface area (Å²) in [5.41, 5.74) is 23.7. The molecule has 0 saturated heterocycles. The monoisotopic (exact) mass is 967 g/mol. The Morgan fingerprint density at radius 3 is 1.57 bits per heavy atom. The fourth-order valence-electron chi connectivity index (χ4n) is 14.2. The summed E-state index contributed by atoms with van der Waals surface area (Å²) >= 11 is 0. The first-order valence-electron chi connectivity index (χ1n) is 27.7. The number of rotatable bonds is 6. The van der Waals surface area contributed by atoms with E-state index in [4.69, 9.17) is 0 Å². The summed E-state index contributed by atoms with van der Waals surface area (Å²) in [5.74, 6) is 0. The van der Waals surface area contributed by atoms with Crippen molar-refractivity contribution in [3.63, 3.8) is 0 Å². The van der Waals surface area contributed by atoms with E-state index in [1.54, 1.807) is 0 Å². The van der Waals surface area contributed by atoms with Gasteiger partial charge >= 0.3 is 0 Å². The molecule has 9 aromatic rings. The molecule has 1 aromatic heterocycles. The molecule has 8 aromatic carbocycles. The maximum Gasteiger partial charge on any atom is 0.197 e. The molecule has 1 N–H and O–H groups in total. The van der Waals surface area contributed by atoms with Crippen molar-refractivity contribution in [2.75, 3.05) is 10.2 Å². The molecule has 3 aliphatic carbocycles. The standard InChI is InChI=1S/C70H73BN3/c1-65(2)31-32-66(3,4)51-37-44(28-29-50(51)65)72-57-41-54-52(67(5,6)33-35-69(54,9)10)38-48(57)49-39-60(73(45-22-15-13-16-23-45)46-24-17-14-18-25-46)62-61-47-26-20-19-21-43(47)27-30-58(61)74-59-42-55-53(40-56(59)71-63(49)64(62)74)68(7,8)34-36-70(55,11)12/h13-30,37-42,72H,31-36H2,1-12H3. The highest BCUT2D eigenvalue weighted by atomic mass is 15.1. The van der Waals surface area contributed by atoms with Gasteiger partial charge in [0.05, 0.1) is 16.7 Å². The van der Waals surface area contributed by atoms with Gasteiger partial charge in [0, 0.05) is 44.8 Å². The van der Waals surface area contributed by atoms with Crippen molar-refractivity contribution in [1.29, 1.82) is 0 Å². The molecule has 0 unspecified atom stereocenters. The first-order chi connectivity index (χ1) is 35.1. The Bertz CT molecular complexity index is 3750. The van der Waals surface area contributed by atoms with Gasteiger partial charge in [-0.05, 0) is 193 Å². The van der Waals surface area contributed by atoms with Gasteiger partial charge in [-0.3, -0.25) is 0 Å². The smallest absolute Gasteiger partial charge is 0.197 e. The van der Waals surface area contributed by atoms with Crippen LogP contribution in [0.4, 0.5) is 28.4 Å². The lowest BCUT2D eigenvalue weighted by Crippen LogP contribution is -2.41. The topological polar surface area (TPSA) is 20.2 Å². The van der Waals surface area contributed by atoms with Gasteiger partial charge in [0.1, 0.15) is 0 Å². The van der Waals surface area contributed by atoms with Crippen LogP contribution in [0, 0.1) is 0 Å². The van der Waals surface area contributed by atoms with E-state index in [1.807, 2.05) is 0 Å². The zero-order valence-corrected chi connectivity index (χ0v) is 46.1. The van der Waals surface area contributed by atoms with Crippen LogP contribution in [0.2, 0.25) is 0 Å². The molecule has 0 spiro atoms. The van der Waals surface area contributed by atoms with Crippen molar-refractivity contribution in [3.05, 3.63) is 179 Å². The summed E-state index contributed by atoms with van der Waals surface area (Å²) in [5, 5.41) is 9.34. The highest BCUT2D eigenvalue weighted by Gasteiger charge is 2.42. The van der Waals surface area contributed by atoms with Crippen LogP contribution >= 0.6 is 0 Å². The normalized spacial score (nSPS) is 19.0. The van der Waals surface area contributed by atoms with Crippen LogP contribution in [0.25, 0.3) is 49.4 Å². The van der Waals surface area contributed by atoms with Gasteiger partial charge in [0.25, 0.3) is 0 Å². The van der Waals surface area contributed by atoms with Gasteiger partial charge in [-0.1, -0.05) is 167 Å². The summed E-state index contributed by atoms with van der Waals surface area (Å²) in [4.78, 5) is 2.54. The maximum atomic E-state index is 4.24. The zero-order chi connectivity index (χ0) is 51.5. The average molecular weight is 967 g/mol. The fourth-order valence-corrected chi connectivity index (χ4v) is 14.2. The number of nitrogens with zero attached hydrogens (tertiary/aromatic N) is 2. The first kappa shape index (κ1) is 47.2. The number of hydrogen-bond acceptors (Lipinski definition) is 2. The number of benzene rings is 8. The molecule has 74 heavy (non-hydrogen) atoms. The number of fused-ring (bicyclic) bond motifs is 10. The number of nitrogens with one attached hydrogen (secondary N) is 1. The predicted molar refractivity (Wildman–Crippen MR) is 319 cm³/mol. The second-order valence-corrected chi connectivity index (χ2v) is 26.8. The second kappa shape index (κ2) is 16.0. The fraction of sp³-hybridized carbons (Fsp3) is 0.343. The predicted octanol–water partition coefficient (Wildman–Crippen LogP) is 17.8. The minimum atomic E-state index is -0.00852. The molecule has 371 valence electrons. The average Bonchev–Trinajstić information content (AvgIpc) is 3.78. The Kier molecular flexibility index (Phi) is 10.2. The third kappa shape index (κ3) is 7.13. The van der Waals surface area contributed by atoms with E-state index in [9.17, 15) is 0 Å². The molecule has 4 aliphatic rings. The first-order valence-corrected chi connectivity index (χ1v) is 27.7. The molecule has 0 atom stereocenters. The van der Waals surface area contributed by atoms with Crippen molar-refractivity contribution >= 4 is 79.2 Å². The van der Waals surface area contributed by atoms with Crippen LogP contribution < -0.4 is 21.1 Å². The van der Waals surface area contributed by atoms with Crippen molar-refractivity contribution < 1.29 is 0 Å². The molecular formula is C70H73BN3. The maximum absolute atomic E-state index is 4.24. The summed E-state index contributed by atoms with van der Waals surface area (Å²) in [6, 6.07) is 56.3. The van der Waals surface area contributed by atoms with Crippen molar-refractivity contribution in [1.82, 2.24) is 4.57 Å². The van der Waals surface area contributed by atoms with Crippen molar-refractivity contribution in [3.8, 4) is 16.8 Å². The van der Waals surface area contributed by atoms with Crippen LogP contribution in [0.3, 0.4) is 0 Å². The molecule has 2 heterocycles. The molecule has 0 saturated carbocycles. The van der Waals surface area contributed by atoms with Crippen LogP contribution in [0.15, 0.2) is 146 Å². The van der Waals surface area contributed by atoms with Crippen LogP contribution in [0.1, 0.15) is 155 Å². The van der Waals surface area contributed by atoms with Crippen LogP contribution in [-0.2, 0) is 32.5 Å². The molecule has 1 radical (unpaired) electrons. The molecule has 0 bridgehead atoms. The summed E-state index contributed by atoms with van der Waals surface area (Å²) in [7, 11) is 2.59. The SMILES string of the molecule is CC1(C)CCC(C)(C)c2cc(Nc3cc4c(cc3-c3cc(N(c5ccccc5)c5ccccc5)c5c6c7ccccc7ccc6n6c5c3[B]c3cc5c(cc3-6)C(C)(C)CCC5(C)C)C(C)(C)CCC4(C)C)ccc21. The number of aromatic nitrogens is 1. The number of anilines is 5. The highest BCUT2D eigenvalue weighted by molar-refractivity contribution is 6.74. The van der Waals surface area contributed by atoms with E-state index in [2.05, 4.69) is 251 Å². The van der Waals surface area contributed by atoms with E-state index in [-0.39, 0.29) is 32.5 Å². The quantitative estimate of drug-likeness (QED) is 0.168. The molecule has 4 heteroatoms. The van der Waals surface area contributed by atoms with E-state index < -0.39 is 0 Å². The Hall–Kier alpha value is -6.52. The lowest BCUT2D eigenvalue weighted by molar-refractivity contribution is 0.332. The summed E-state index contributed by atoms with van der Waals surface area (Å²) in [6.07, 6.45) is 6.99. The van der Waals surface area contributed by atoms with Crippen molar-refractivity contribution in [2.45, 2.75) is 154 Å². The Morgan fingerprint density at radius 1 is 0.446 bits per heavy atom. The Labute approximate surface area is 441 Å². The lowest BCUT2D eigenvalue weighted by Gasteiger charge is -2.43. The summed E-state index contributed by atoms with van der Waals surface area (Å²) < 4.78 is 2.69. The molecular weight excluding hydrogens is 894 g/mol. The minimum Gasteiger partial charge on any atom is -0.355 e. The van der Waals surface area contributed by atoms with Crippen LogP contribution in [0.5, 0.6) is 0 Å². The van der Waals surface area contributed by atoms with Gasteiger partial charge in [0.15, 0.2) is 7.28 Å². The zero-order valence-electron chi connectivity index (χ0n) is 46.1. The van der Waals surface area contributed by atoms with E-state index in [0.29, 0.717) is 0 Å². The van der Waals surface area contributed by atoms with Crippen LogP contribution in [-0.4, -0.2) is 11.8 Å². The third-order valence-electron chi connectivity index (χ3n) is 19.2.